The summed E-state index contributed by atoms with van der Waals surface area (Å²) in [6, 6.07) is 6.93. The normalized spacial score (nSPS) is 12.6. The van der Waals surface area contributed by atoms with E-state index in [-0.39, 0.29) is 11.9 Å². The lowest BCUT2D eigenvalue weighted by molar-refractivity contribution is 0.500. The molecule has 0 amide bonds. The van der Waals surface area contributed by atoms with Crippen molar-refractivity contribution in [2.75, 3.05) is 7.05 Å². The fourth-order valence-corrected chi connectivity index (χ4v) is 2.27. The molecule has 2 aromatic rings. The molecule has 0 aliphatic carbocycles. The molecule has 0 spiro atoms. The highest BCUT2D eigenvalue weighted by molar-refractivity contribution is 5.20. The Labute approximate surface area is 113 Å². The van der Waals surface area contributed by atoms with E-state index < -0.39 is 0 Å². The summed E-state index contributed by atoms with van der Waals surface area (Å²) >= 11 is 0. The molecule has 4 heteroatoms. The fraction of sp³-hybridized carbons (Fsp3) is 0.400. The summed E-state index contributed by atoms with van der Waals surface area (Å²) in [6.45, 7) is 3.07. The van der Waals surface area contributed by atoms with Crippen LogP contribution in [0.15, 0.2) is 36.7 Å². The maximum Gasteiger partial charge on any atom is 0.126 e. The average molecular weight is 261 g/mol. The number of benzene rings is 1. The Kier molecular flexibility index (Phi) is 4.68. The Balaban J connectivity index is 2.20. The largest absolute Gasteiger partial charge is 0.334 e. The van der Waals surface area contributed by atoms with E-state index in [2.05, 4.69) is 21.8 Å². The van der Waals surface area contributed by atoms with Gasteiger partial charge in [0.2, 0.25) is 0 Å². The maximum absolute atomic E-state index is 13.7. The second-order valence-electron chi connectivity index (χ2n) is 4.62. The Morgan fingerprint density at radius 3 is 2.84 bits per heavy atom. The number of hydrogen-bond acceptors (Lipinski definition) is 2. The summed E-state index contributed by atoms with van der Waals surface area (Å²) in [5.41, 5.74) is 0.716. The number of likely N-dealkylation sites (N-methyl/N-ethyl adjacent to an activating group) is 1. The van der Waals surface area contributed by atoms with Crippen LogP contribution in [0.5, 0.6) is 0 Å². The monoisotopic (exact) mass is 261 g/mol. The van der Waals surface area contributed by atoms with Crippen molar-refractivity contribution in [3.8, 4) is 0 Å². The van der Waals surface area contributed by atoms with Crippen LogP contribution >= 0.6 is 0 Å². The van der Waals surface area contributed by atoms with Gasteiger partial charge in [0.15, 0.2) is 0 Å². The molecule has 0 aliphatic heterocycles. The fourth-order valence-electron chi connectivity index (χ4n) is 2.27. The summed E-state index contributed by atoms with van der Waals surface area (Å²) in [4.78, 5) is 4.41. The van der Waals surface area contributed by atoms with Crippen molar-refractivity contribution in [2.45, 2.75) is 32.4 Å². The smallest absolute Gasteiger partial charge is 0.126 e. The zero-order valence-electron chi connectivity index (χ0n) is 11.4. The highest BCUT2D eigenvalue weighted by Crippen LogP contribution is 2.19. The van der Waals surface area contributed by atoms with Crippen LogP contribution in [0.2, 0.25) is 0 Å². The third kappa shape index (κ3) is 3.20. The minimum atomic E-state index is -0.156. The van der Waals surface area contributed by atoms with Crippen molar-refractivity contribution in [1.82, 2.24) is 14.9 Å². The van der Waals surface area contributed by atoms with Gasteiger partial charge in [-0.05, 0) is 31.5 Å². The van der Waals surface area contributed by atoms with E-state index in [0.29, 0.717) is 12.0 Å². The molecule has 0 fully saturated rings. The molecule has 19 heavy (non-hydrogen) atoms. The zero-order valence-corrected chi connectivity index (χ0v) is 11.4. The number of nitrogens with one attached hydrogen (secondary N) is 1. The Bertz CT molecular complexity index is 522. The highest BCUT2D eigenvalue weighted by Gasteiger charge is 2.17. The van der Waals surface area contributed by atoms with E-state index in [1.807, 2.05) is 25.4 Å². The average Bonchev–Trinajstić information content (AvgIpc) is 2.86. The molecule has 1 unspecified atom stereocenters. The first-order valence-electron chi connectivity index (χ1n) is 6.68. The van der Waals surface area contributed by atoms with Gasteiger partial charge in [-0.3, -0.25) is 0 Å². The minimum absolute atomic E-state index is 0.0263. The van der Waals surface area contributed by atoms with Crippen LogP contribution < -0.4 is 5.32 Å². The number of imidazole rings is 1. The molecule has 2 rings (SSSR count). The van der Waals surface area contributed by atoms with E-state index in [0.717, 1.165) is 18.8 Å². The molecule has 0 saturated heterocycles. The van der Waals surface area contributed by atoms with E-state index in [1.165, 1.54) is 6.07 Å². The van der Waals surface area contributed by atoms with E-state index in [1.54, 1.807) is 12.3 Å². The van der Waals surface area contributed by atoms with Crippen LogP contribution in [0.3, 0.4) is 0 Å². The lowest BCUT2D eigenvalue weighted by Crippen LogP contribution is -2.23. The second kappa shape index (κ2) is 6.48. The predicted molar refractivity (Wildman–Crippen MR) is 74.4 cm³/mol. The van der Waals surface area contributed by atoms with Gasteiger partial charge in [-0.1, -0.05) is 25.1 Å². The lowest BCUT2D eigenvalue weighted by Gasteiger charge is -2.18. The van der Waals surface area contributed by atoms with E-state index in [9.17, 15) is 4.39 Å². The molecule has 1 atom stereocenters. The Morgan fingerprint density at radius 2 is 2.16 bits per heavy atom. The molecule has 3 nitrogen and oxygen atoms in total. The second-order valence-corrected chi connectivity index (χ2v) is 4.62. The molecular formula is C15H20FN3. The Hall–Kier alpha value is -1.68. The SMILES string of the molecule is CCCn1ccnc1C(Cc1ccccc1F)NC. The van der Waals surface area contributed by atoms with Crippen LogP contribution in [0.4, 0.5) is 4.39 Å². The van der Waals surface area contributed by atoms with Crippen LogP contribution in [0.1, 0.15) is 30.8 Å². The van der Waals surface area contributed by atoms with Gasteiger partial charge in [0.1, 0.15) is 11.6 Å². The molecule has 0 bridgehead atoms. The molecule has 1 N–H and O–H groups in total. The molecular weight excluding hydrogens is 241 g/mol. The van der Waals surface area contributed by atoms with Gasteiger partial charge < -0.3 is 9.88 Å². The molecule has 0 radical (unpaired) electrons. The van der Waals surface area contributed by atoms with Crippen molar-refractivity contribution in [3.63, 3.8) is 0 Å². The molecule has 0 saturated carbocycles. The number of hydrogen-bond donors (Lipinski definition) is 1. The molecule has 1 aromatic carbocycles. The molecule has 1 aromatic heterocycles. The van der Waals surface area contributed by atoms with E-state index in [4.69, 9.17) is 0 Å². The number of aryl methyl sites for hydroxylation is 1. The maximum atomic E-state index is 13.7. The number of aromatic nitrogens is 2. The summed E-state index contributed by atoms with van der Waals surface area (Å²) in [6.07, 6.45) is 5.44. The quantitative estimate of drug-likeness (QED) is 0.866. The van der Waals surface area contributed by atoms with Gasteiger partial charge in [-0.2, -0.15) is 0 Å². The van der Waals surface area contributed by atoms with Crippen LogP contribution in [0.25, 0.3) is 0 Å². The van der Waals surface area contributed by atoms with Crippen molar-refractivity contribution in [3.05, 3.63) is 53.9 Å². The summed E-state index contributed by atoms with van der Waals surface area (Å²) < 4.78 is 15.8. The zero-order chi connectivity index (χ0) is 13.7. The summed E-state index contributed by atoms with van der Waals surface area (Å²) in [5.74, 6) is 0.809. The Morgan fingerprint density at radius 1 is 1.37 bits per heavy atom. The van der Waals surface area contributed by atoms with Crippen LogP contribution in [-0.4, -0.2) is 16.6 Å². The van der Waals surface area contributed by atoms with Gasteiger partial charge in [0.05, 0.1) is 6.04 Å². The van der Waals surface area contributed by atoms with Gasteiger partial charge >= 0.3 is 0 Å². The van der Waals surface area contributed by atoms with Crippen molar-refractivity contribution in [1.29, 1.82) is 0 Å². The van der Waals surface area contributed by atoms with Crippen LogP contribution in [0, 0.1) is 5.82 Å². The van der Waals surface area contributed by atoms with Crippen molar-refractivity contribution in [2.24, 2.45) is 0 Å². The van der Waals surface area contributed by atoms with E-state index >= 15 is 0 Å². The van der Waals surface area contributed by atoms with Crippen molar-refractivity contribution >= 4 is 0 Å². The standard InChI is InChI=1S/C15H20FN3/c1-3-9-19-10-8-18-15(19)14(17-2)11-12-6-4-5-7-13(12)16/h4-8,10,14,17H,3,9,11H2,1-2H3. The molecule has 102 valence electrons. The first-order chi connectivity index (χ1) is 9.26. The first kappa shape index (κ1) is 13.7. The first-order valence-corrected chi connectivity index (χ1v) is 6.68. The molecule has 1 heterocycles. The van der Waals surface area contributed by atoms with Crippen LogP contribution in [-0.2, 0) is 13.0 Å². The third-order valence-electron chi connectivity index (χ3n) is 3.25. The number of halogens is 1. The highest BCUT2D eigenvalue weighted by atomic mass is 19.1. The summed E-state index contributed by atoms with van der Waals surface area (Å²) in [5, 5.41) is 3.23. The van der Waals surface area contributed by atoms with Gasteiger partial charge in [-0.25, -0.2) is 9.37 Å². The van der Waals surface area contributed by atoms with Crippen molar-refractivity contribution < 1.29 is 4.39 Å². The third-order valence-corrected chi connectivity index (χ3v) is 3.25. The summed E-state index contributed by atoms with van der Waals surface area (Å²) in [7, 11) is 1.89. The van der Waals surface area contributed by atoms with Gasteiger partial charge in [0.25, 0.3) is 0 Å². The van der Waals surface area contributed by atoms with Gasteiger partial charge in [0, 0.05) is 18.9 Å². The number of nitrogens with zero attached hydrogens (tertiary/aromatic N) is 2. The molecule has 0 aliphatic rings. The number of rotatable bonds is 6. The lowest BCUT2D eigenvalue weighted by atomic mass is 10.0. The topological polar surface area (TPSA) is 29.9 Å². The predicted octanol–water partition coefficient (Wildman–Crippen LogP) is 2.94. The van der Waals surface area contributed by atoms with Gasteiger partial charge in [-0.15, -0.1) is 0 Å². The minimum Gasteiger partial charge on any atom is -0.334 e.